The number of anilines is 3. The standard InChI is InChI=1S/C57H41NS/c1-57(2)53-19-11-9-17-48(53)49-34-33-46(37-54(49)57)58(45-31-29-43(30-32-45)42-23-21-40(22-24-42)38-13-5-3-6-14-38)47-35-51(56-52(36-47)50-18-10-12-20-55(50)59-56)44-27-25-41(26-28-44)39-15-7-4-8-16-39/h3-37H,1-2H3. The number of hydrogen-bond donors (Lipinski definition) is 0. The summed E-state index contributed by atoms with van der Waals surface area (Å²) < 4.78 is 2.61. The number of rotatable bonds is 7. The predicted molar refractivity (Wildman–Crippen MR) is 253 cm³/mol. The Hall–Kier alpha value is -7.00. The van der Waals surface area contributed by atoms with Crippen LogP contribution < -0.4 is 4.90 Å². The number of fused-ring (bicyclic) bond motifs is 6. The fourth-order valence-electron chi connectivity index (χ4n) is 9.20. The summed E-state index contributed by atoms with van der Waals surface area (Å²) in [5.41, 5.74) is 18.4. The molecule has 9 aromatic carbocycles. The van der Waals surface area contributed by atoms with Gasteiger partial charge in [-0.05, 0) is 104 Å². The molecule has 0 unspecified atom stereocenters. The van der Waals surface area contributed by atoms with Crippen LogP contribution in [0.15, 0.2) is 212 Å². The van der Waals surface area contributed by atoms with E-state index in [4.69, 9.17) is 0 Å². The van der Waals surface area contributed by atoms with E-state index in [1.54, 1.807) is 0 Å². The third-order valence-electron chi connectivity index (χ3n) is 12.3. The van der Waals surface area contributed by atoms with Crippen LogP contribution in [-0.2, 0) is 5.41 Å². The lowest BCUT2D eigenvalue weighted by Gasteiger charge is -2.29. The Balaban J connectivity index is 1.08. The average molecular weight is 772 g/mol. The Bertz CT molecular complexity index is 3140. The molecule has 1 nitrogen and oxygen atoms in total. The maximum absolute atomic E-state index is 2.47. The van der Waals surface area contributed by atoms with E-state index >= 15 is 0 Å². The Labute approximate surface area is 350 Å². The summed E-state index contributed by atoms with van der Waals surface area (Å²) in [5, 5.41) is 2.57. The molecule has 1 heterocycles. The zero-order valence-electron chi connectivity index (χ0n) is 33.1. The molecule has 2 heteroatoms. The van der Waals surface area contributed by atoms with Crippen molar-refractivity contribution >= 4 is 48.6 Å². The van der Waals surface area contributed by atoms with Gasteiger partial charge in [-0.25, -0.2) is 0 Å². The lowest BCUT2D eigenvalue weighted by molar-refractivity contribution is 0.660. The van der Waals surface area contributed by atoms with E-state index in [-0.39, 0.29) is 5.41 Å². The summed E-state index contributed by atoms with van der Waals surface area (Å²) in [4.78, 5) is 2.47. The van der Waals surface area contributed by atoms with Crippen molar-refractivity contribution in [3.05, 3.63) is 223 Å². The van der Waals surface area contributed by atoms with E-state index in [0.717, 1.165) is 17.1 Å². The normalized spacial score (nSPS) is 12.7. The van der Waals surface area contributed by atoms with Crippen molar-refractivity contribution in [3.8, 4) is 55.6 Å². The molecule has 0 aliphatic heterocycles. The summed E-state index contributed by atoms with van der Waals surface area (Å²) in [5.74, 6) is 0. The van der Waals surface area contributed by atoms with E-state index in [9.17, 15) is 0 Å². The minimum atomic E-state index is -0.122. The molecule has 0 N–H and O–H groups in total. The van der Waals surface area contributed by atoms with Crippen LogP contribution in [-0.4, -0.2) is 0 Å². The second kappa shape index (κ2) is 14.1. The third kappa shape index (κ3) is 6.07. The maximum Gasteiger partial charge on any atom is 0.0475 e. The van der Waals surface area contributed by atoms with Crippen molar-refractivity contribution in [2.45, 2.75) is 19.3 Å². The lowest BCUT2D eigenvalue weighted by atomic mass is 9.82. The van der Waals surface area contributed by atoms with Crippen molar-refractivity contribution in [3.63, 3.8) is 0 Å². The van der Waals surface area contributed by atoms with E-state index in [1.165, 1.54) is 86.9 Å². The predicted octanol–water partition coefficient (Wildman–Crippen LogP) is 16.5. The minimum absolute atomic E-state index is 0.122. The van der Waals surface area contributed by atoms with Crippen molar-refractivity contribution in [2.24, 2.45) is 0 Å². The molecular weight excluding hydrogens is 731 g/mol. The highest BCUT2D eigenvalue weighted by Gasteiger charge is 2.35. The largest absolute Gasteiger partial charge is 0.310 e. The molecule has 1 aromatic heterocycles. The van der Waals surface area contributed by atoms with Crippen LogP contribution in [0.1, 0.15) is 25.0 Å². The monoisotopic (exact) mass is 771 g/mol. The van der Waals surface area contributed by atoms with Crippen LogP contribution in [0, 0.1) is 0 Å². The molecular formula is C57H41NS. The molecule has 0 spiro atoms. The first-order valence-corrected chi connectivity index (χ1v) is 21.2. The van der Waals surface area contributed by atoms with Gasteiger partial charge in [0.05, 0.1) is 0 Å². The lowest BCUT2D eigenvalue weighted by Crippen LogP contribution is -2.16. The molecule has 10 aromatic rings. The van der Waals surface area contributed by atoms with Crippen LogP contribution in [0.5, 0.6) is 0 Å². The fraction of sp³-hybridized carbons (Fsp3) is 0.0526. The van der Waals surface area contributed by atoms with Crippen LogP contribution in [0.25, 0.3) is 75.8 Å². The highest BCUT2D eigenvalue weighted by Crippen LogP contribution is 2.52. The molecule has 280 valence electrons. The number of thiophene rings is 1. The molecule has 0 bridgehead atoms. The summed E-state index contributed by atoms with van der Waals surface area (Å²) >= 11 is 1.89. The summed E-state index contributed by atoms with van der Waals surface area (Å²) in [6.45, 7) is 4.73. The van der Waals surface area contributed by atoms with E-state index in [0.29, 0.717) is 0 Å². The molecule has 1 aliphatic rings. The Morgan fingerprint density at radius 1 is 0.339 bits per heavy atom. The van der Waals surface area contributed by atoms with Gasteiger partial charge in [-0.3, -0.25) is 0 Å². The van der Waals surface area contributed by atoms with Gasteiger partial charge in [-0.15, -0.1) is 11.3 Å². The van der Waals surface area contributed by atoms with Gasteiger partial charge in [0.25, 0.3) is 0 Å². The summed E-state index contributed by atoms with van der Waals surface area (Å²) in [7, 11) is 0. The van der Waals surface area contributed by atoms with Crippen molar-refractivity contribution in [2.75, 3.05) is 4.90 Å². The van der Waals surface area contributed by atoms with Crippen molar-refractivity contribution in [1.82, 2.24) is 0 Å². The van der Waals surface area contributed by atoms with E-state index in [1.807, 2.05) is 11.3 Å². The van der Waals surface area contributed by atoms with Gasteiger partial charge in [-0.2, -0.15) is 0 Å². The number of benzene rings is 9. The topological polar surface area (TPSA) is 3.24 Å². The summed E-state index contributed by atoms with van der Waals surface area (Å²) in [6, 6.07) is 78.1. The van der Waals surface area contributed by atoms with E-state index in [2.05, 4.69) is 231 Å². The van der Waals surface area contributed by atoms with Crippen molar-refractivity contribution in [1.29, 1.82) is 0 Å². The SMILES string of the molecule is CC1(C)c2ccccc2-c2ccc(N(c3ccc(-c4ccc(-c5ccccc5)cc4)cc3)c3cc(-c4ccc(-c5ccccc5)cc4)c4sc5ccccc5c4c3)cc21. The van der Waals surface area contributed by atoms with Gasteiger partial charge in [0.2, 0.25) is 0 Å². The highest BCUT2D eigenvalue weighted by atomic mass is 32.1. The minimum Gasteiger partial charge on any atom is -0.310 e. The molecule has 0 saturated carbocycles. The van der Waals surface area contributed by atoms with Crippen molar-refractivity contribution < 1.29 is 0 Å². The second-order valence-corrected chi connectivity index (χ2v) is 17.2. The van der Waals surface area contributed by atoms with Gasteiger partial charge in [0, 0.05) is 48.2 Å². The highest BCUT2D eigenvalue weighted by molar-refractivity contribution is 7.26. The van der Waals surface area contributed by atoms with Crippen LogP contribution in [0.4, 0.5) is 17.1 Å². The first-order chi connectivity index (χ1) is 29.0. The van der Waals surface area contributed by atoms with Crippen LogP contribution in [0.3, 0.4) is 0 Å². The first-order valence-electron chi connectivity index (χ1n) is 20.4. The molecule has 59 heavy (non-hydrogen) atoms. The van der Waals surface area contributed by atoms with Gasteiger partial charge < -0.3 is 4.90 Å². The second-order valence-electron chi connectivity index (χ2n) is 16.1. The molecule has 0 radical (unpaired) electrons. The molecule has 11 rings (SSSR count). The van der Waals surface area contributed by atoms with Gasteiger partial charge in [0.1, 0.15) is 0 Å². The molecule has 0 fully saturated rings. The fourth-order valence-corrected chi connectivity index (χ4v) is 10.4. The Morgan fingerprint density at radius 2 is 0.831 bits per heavy atom. The summed E-state index contributed by atoms with van der Waals surface area (Å²) in [6.07, 6.45) is 0. The van der Waals surface area contributed by atoms with Crippen LogP contribution in [0.2, 0.25) is 0 Å². The zero-order valence-corrected chi connectivity index (χ0v) is 33.9. The Morgan fingerprint density at radius 3 is 1.47 bits per heavy atom. The molecule has 0 atom stereocenters. The average Bonchev–Trinajstić information content (AvgIpc) is 3.79. The van der Waals surface area contributed by atoms with E-state index < -0.39 is 0 Å². The zero-order chi connectivity index (χ0) is 39.5. The smallest absolute Gasteiger partial charge is 0.0475 e. The molecule has 0 amide bonds. The van der Waals surface area contributed by atoms with Crippen LogP contribution >= 0.6 is 11.3 Å². The quantitative estimate of drug-likeness (QED) is 0.156. The third-order valence-corrected chi connectivity index (χ3v) is 13.5. The van der Waals surface area contributed by atoms with Gasteiger partial charge in [0.15, 0.2) is 0 Å². The maximum atomic E-state index is 2.47. The molecule has 0 saturated heterocycles. The van der Waals surface area contributed by atoms with Gasteiger partial charge in [-0.1, -0.05) is 184 Å². The van der Waals surface area contributed by atoms with Gasteiger partial charge >= 0.3 is 0 Å². The number of nitrogens with zero attached hydrogens (tertiary/aromatic N) is 1. The Kier molecular flexibility index (Phi) is 8.43. The first kappa shape index (κ1) is 35.2. The number of hydrogen-bond acceptors (Lipinski definition) is 2. The molecule has 1 aliphatic carbocycles.